The van der Waals surface area contributed by atoms with Crippen molar-refractivity contribution in [2.45, 2.75) is 32.7 Å². The summed E-state index contributed by atoms with van der Waals surface area (Å²) >= 11 is 0. The average molecular weight is 313 g/mol. The zero-order valence-corrected chi connectivity index (χ0v) is 13.5. The maximum Gasteiger partial charge on any atom is 0.251 e. The molecule has 1 heterocycles. The lowest BCUT2D eigenvalue weighted by atomic mass is 10.1. The number of halogens is 1. The van der Waals surface area contributed by atoms with E-state index in [1.54, 1.807) is 0 Å². The molecule has 1 aliphatic rings. The van der Waals surface area contributed by atoms with Crippen LogP contribution in [-0.4, -0.2) is 31.6 Å². The summed E-state index contributed by atoms with van der Waals surface area (Å²) in [5, 5.41) is 6.27. The summed E-state index contributed by atoms with van der Waals surface area (Å²) in [4.78, 5) is 12.0. The highest BCUT2D eigenvalue weighted by atomic mass is 35.5. The SMILES string of the molecule is CC(C)CCOc1ccc(C(=O)NC2CCNC2)cc1.Cl. The Morgan fingerprint density at radius 2 is 2.10 bits per heavy atom. The largest absolute Gasteiger partial charge is 0.494 e. The van der Waals surface area contributed by atoms with Gasteiger partial charge in [-0.2, -0.15) is 0 Å². The van der Waals surface area contributed by atoms with E-state index >= 15 is 0 Å². The van der Waals surface area contributed by atoms with Crippen molar-refractivity contribution in [1.29, 1.82) is 0 Å². The molecule has 118 valence electrons. The van der Waals surface area contributed by atoms with E-state index in [0.717, 1.165) is 38.3 Å². The highest BCUT2D eigenvalue weighted by Crippen LogP contribution is 2.13. The van der Waals surface area contributed by atoms with Gasteiger partial charge in [0, 0.05) is 18.2 Å². The Balaban J connectivity index is 0.00000220. The van der Waals surface area contributed by atoms with Crippen LogP contribution in [0.25, 0.3) is 0 Å². The van der Waals surface area contributed by atoms with E-state index < -0.39 is 0 Å². The number of nitrogens with one attached hydrogen (secondary N) is 2. The minimum atomic E-state index is -0.00701. The zero-order valence-electron chi connectivity index (χ0n) is 12.7. The Morgan fingerprint density at radius 1 is 1.38 bits per heavy atom. The number of hydrogen-bond acceptors (Lipinski definition) is 3. The van der Waals surface area contributed by atoms with Crippen molar-refractivity contribution in [3.8, 4) is 5.75 Å². The molecule has 0 radical (unpaired) electrons. The molecule has 4 nitrogen and oxygen atoms in total. The molecular weight excluding hydrogens is 288 g/mol. The number of benzene rings is 1. The number of amides is 1. The van der Waals surface area contributed by atoms with Crippen LogP contribution in [0.1, 0.15) is 37.0 Å². The van der Waals surface area contributed by atoms with Crippen molar-refractivity contribution < 1.29 is 9.53 Å². The van der Waals surface area contributed by atoms with Gasteiger partial charge in [0.05, 0.1) is 6.61 Å². The van der Waals surface area contributed by atoms with Crippen LogP contribution in [0.2, 0.25) is 0 Å². The molecule has 0 aliphatic carbocycles. The molecular formula is C16H25ClN2O2. The van der Waals surface area contributed by atoms with E-state index in [1.807, 2.05) is 24.3 Å². The number of hydrogen-bond donors (Lipinski definition) is 2. The molecule has 2 rings (SSSR count). The first-order valence-corrected chi connectivity index (χ1v) is 7.39. The van der Waals surface area contributed by atoms with Gasteiger partial charge in [-0.3, -0.25) is 4.79 Å². The van der Waals surface area contributed by atoms with Gasteiger partial charge < -0.3 is 15.4 Å². The molecule has 1 aliphatic heterocycles. The molecule has 0 spiro atoms. The van der Waals surface area contributed by atoms with Crippen LogP contribution in [0.4, 0.5) is 0 Å². The van der Waals surface area contributed by atoms with Gasteiger partial charge in [-0.05, 0) is 49.6 Å². The highest BCUT2D eigenvalue weighted by Gasteiger charge is 2.17. The second kappa shape index (κ2) is 8.90. The zero-order chi connectivity index (χ0) is 14.4. The molecule has 2 N–H and O–H groups in total. The summed E-state index contributed by atoms with van der Waals surface area (Å²) in [6.07, 6.45) is 2.04. The van der Waals surface area contributed by atoms with Crippen LogP contribution in [-0.2, 0) is 0 Å². The first kappa shape index (κ1) is 17.8. The first-order chi connectivity index (χ1) is 9.65. The van der Waals surface area contributed by atoms with Crippen LogP contribution >= 0.6 is 12.4 Å². The second-order valence-electron chi connectivity index (χ2n) is 5.72. The third-order valence-electron chi connectivity index (χ3n) is 3.48. The van der Waals surface area contributed by atoms with E-state index in [9.17, 15) is 4.79 Å². The summed E-state index contributed by atoms with van der Waals surface area (Å²) in [6, 6.07) is 7.62. The summed E-state index contributed by atoms with van der Waals surface area (Å²) in [6.45, 7) is 6.91. The molecule has 1 aromatic carbocycles. The first-order valence-electron chi connectivity index (χ1n) is 7.39. The van der Waals surface area contributed by atoms with Crippen LogP contribution in [0, 0.1) is 5.92 Å². The van der Waals surface area contributed by atoms with Crippen molar-refractivity contribution in [3.63, 3.8) is 0 Å². The highest BCUT2D eigenvalue weighted by molar-refractivity contribution is 5.94. The summed E-state index contributed by atoms with van der Waals surface area (Å²) in [7, 11) is 0. The minimum Gasteiger partial charge on any atom is -0.494 e. The second-order valence-corrected chi connectivity index (χ2v) is 5.72. The fourth-order valence-corrected chi connectivity index (χ4v) is 2.16. The fourth-order valence-electron chi connectivity index (χ4n) is 2.16. The predicted molar refractivity (Wildman–Crippen MR) is 87.4 cm³/mol. The van der Waals surface area contributed by atoms with Crippen molar-refractivity contribution in [3.05, 3.63) is 29.8 Å². The Kier molecular flexibility index (Phi) is 7.54. The Bertz CT molecular complexity index is 428. The van der Waals surface area contributed by atoms with Crippen LogP contribution in [0.15, 0.2) is 24.3 Å². The Labute approximate surface area is 133 Å². The van der Waals surface area contributed by atoms with E-state index in [-0.39, 0.29) is 24.4 Å². The minimum absolute atomic E-state index is 0. The van der Waals surface area contributed by atoms with Gasteiger partial charge >= 0.3 is 0 Å². The molecule has 21 heavy (non-hydrogen) atoms. The number of carbonyl (C=O) groups is 1. The maximum atomic E-state index is 12.0. The van der Waals surface area contributed by atoms with E-state index in [1.165, 1.54) is 0 Å². The molecule has 0 aromatic heterocycles. The van der Waals surface area contributed by atoms with E-state index in [2.05, 4.69) is 24.5 Å². The van der Waals surface area contributed by atoms with Crippen LogP contribution in [0.3, 0.4) is 0 Å². The molecule has 1 saturated heterocycles. The Hall–Kier alpha value is -1.26. The van der Waals surface area contributed by atoms with Crippen molar-refractivity contribution in [2.75, 3.05) is 19.7 Å². The normalized spacial score (nSPS) is 17.4. The molecule has 1 aromatic rings. The van der Waals surface area contributed by atoms with Gasteiger partial charge in [-0.1, -0.05) is 13.8 Å². The molecule has 1 unspecified atom stereocenters. The number of rotatable bonds is 6. The number of ether oxygens (including phenoxy) is 1. The van der Waals surface area contributed by atoms with Crippen molar-refractivity contribution >= 4 is 18.3 Å². The third-order valence-corrected chi connectivity index (χ3v) is 3.48. The number of carbonyl (C=O) groups excluding carboxylic acids is 1. The average Bonchev–Trinajstić information content (AvgIpc) is 2.92. The van der Waals surface area contributed by atoms with Gasteiger partial charge in [0.2, 0.25) is 0 Å². The molecule has 0 bridgehead atoms. The third kappa shape index (κ3) is 5.94. The predicted octanol–water partition coefficient (Wildman–Crippen LogP) is 2.63. The van der Waals surface area contributed by atoms with Crippen molar-refractivity contribution in [2.24, 2.45) is 5.92 Å². The molecule has 1 amide bonds. The lowest BCUT2D eigenvalue weighted by molar-refractivity contribution is 0.0940. The maximum absolute atomic E-state index is 12.0. The summed E-state index contributed by atoms with van der Waals surface area (Å²) < 4.78 is 5.64. The molecule has 5 heteroatoms. The monoisotopic (exact) mass is 312 g/mol. The molecule has 1 atom stereocenters. The Morgan fingerprint density at radius 3 is 2.67 bits per heavy atom. The standard InChI is InChI=1S/C16H24N2O2.ClH/c1-12(2)8-10-20-15-5-3-13(4-6-15)16(19)18-14-7-9-17-11-14;/h3-6,12,14,17H,7-11H2,1-2H3,(H,18,19);1H. The van der Waals surface area contributed by atoms with Crippen molar-refractivity contribution in [1.82, 2.24) is 10.6 Å². The lowest BCUT2D eigenvalue weighted by Gasteiger charge is -2.12. The van der Waals surface area contributed by atoms with Gasteiger partial charge in [0.25, 0.3) is 5.91 Å². The van der Waals surface area contributed by atoms with Gasteiger partial charge in [0.15, 0.2) is 0 Å². The van der Waals surface area contributed by atoms with Gasteiger partial charge in [-0.25, -0.2) is 0 Å². The topological polar surface area (TPSA) is 50.4 Å². The quantitative estimate of drug-likeness (QED) is 0.849. The fraction of sp³-hybridized carbons (Fsp3) is 0.562. The molecule has 0 saturated carbocycles. The van der Waals surface area contributed by atoms with E-state index in [4.69, 9.17) is 4.74 Å². The smallest absolute Gasteiger partial charge is 0.251 e. The summed E-state index contributed by atoms with van der Waals surface area (Å²) in [5.41, 5.74) is 0.688. The van der Waals surface area contributed by atoms with Gasteiger partial charge in [0.1, 0.15) is 5.75 Å². The van der Waals surface area contributed by atoms with Crippen LogP contribution < -0.4 is 15.4 Å². The summed E-state index contributed by atoms with van der Waals surface area (Å²) in [5.74, 6) is 1.46. The van der Waals surface area contributed by atoms with Gasteiger partial charge in [-0.15, -0.1) is 12.4 Å². The van der Waals surface area contributed by atoms with Crippen LogP contribution in [0.5, 0.6) is 5.75 Å². The van der Waals surface area contributed by atoms with E-state index in [0.29, 0.717) is 11.5 Å². The lowest BCUT2D eigenvalue weighted by Crippen LogP contribution is -2.36. The molecule has 1 fully saturated rings.